The molecule has 80 valence electrons. The van der Waals surface area contributed by atoms with Crippen molar-refractivity contribution in [3.05, 3.63) is 12.2 Å². The van der Waals surface area contributed by atoms with Crippen LogP contribution in [0.15, 0.2) is 12.2 Å². The average molecular weight is 196 g/mol. The van der Waals surface area contributed by atoms with Crippen LogP contribution in [0.4, 0.5) is 0 Å². The van der Waals surface area contributed by atoms with Crippen LogP contribution >= 0.6 is 0 Å². The van der Waals surface area contributed by atoms with Gasteiger partial charge in [0.25, 0.3) is 0 Å². The molecule has 3 nitrogen and oxygen atoms in total. The van der Waals surface area contributed by atoms with Crippen LogP contribution in [0.25, 0.3) is 0 Å². The second-order valence-corrected chi connectivity index (χ2v) is 4.22. The Morgan fingerprint density at radius 3 is 2.64 bits per heavy atom. The number of hydrogen-bond acceptors (Lipinski definition) is 2. The van der Waals surface area contributed by atoms with E-state index in [2.05, 4.69) is 36.6 Å². The molecule has 0 aromatic rings. The molecule has 0 heterocycles. The third-order valence-corrected chi connectivity index (χ3v) is 2.27. The Morgan fingerprint density at radius 2 is 2.07 bits per heavy atom. The lowest BCUT2D eigenvalue weighted by Gasteiger charge is -2.12. The summed E-state index contributed by atoms with van der Waals surface area (Å²) in [5, 5.41) is 6.11. The van der Waals surface area contributed by atoms with E-state index < -0.39 is 0 Å². The molecule has 0 aromatic heterocycles. The van der Waals surface area contributed by atoms with E-state index in [1.165, 1.54) is 0 Å². The molecule has 1 amide bonds. The zero-order valence-electron chi connectivity index (χ0n) is 9.05. The van der Waals surface area contributed by atoms with E-state index in [-0.39, 0.29) is 5.91 Å². The Balaban J connectivity index is 2.03. The standard InChI is InChI=1S/C11H20N2O/c1-9(2)7-13-11(14)8-12-10-5-3-4-6-10/h3-4,9-10,12H,5-8H2,1-2H3,(H,13,14). The van der Waals surface area contributed by atoms with Crippen LogP contribution in [0.5, 0.6) is 0 Å². The second-order valence-electron chi connectivity index (χ2n) is 4.22. The van der Waals surface area contributed by atoms with Crippen LogP contribution in [-0.2, 0) is 4.79 Å². The van der Waals surface area contributed by atoms with E-state index in [9.17, 15) is 4.79 Å². The molecule has 3 heteroatoms. The van der Waals surface area contributed by atoms with Gasteiger partial charge in [0.2, 0.25) is 5.91 Å². The van der Waals surface area contributed by atoms with E-state index in [1.807, 2.05) is 0 Å². The maximum atomic E-state index is 11.3. The molecule has 1 aliphatic rings. The first-order valence-electron chi connectivity index (χ1n) is 5.33. The minimum atomic E-state index is 0.102. The molecule has 0 saturated carbocycles. The molecular weight excluding hydrogens is 176 g/mol. The number of rotatable bonds is 5. The van der Waals surface area contributed by atoms with Crippen LogP contribution in [0.1, 0.15) is 26.7 Å². The maximum Gasteiger partial charge on any atom is 0.233 e. The van der Waals surface area contributed by atoms with Crippen molar-refractivity contribution < 1.29 is 4.79 Å². The van der Waals surface area contributed by atoms with Crippen molar-refractivity contribution in [1.29, 1.82) is 0 Å². The van der Waals surface area contributed by atoms with Gasteiger partial charge in [-0.15, -0.1) is 0 Å². The molecule has 0 fully saturated rings. The lowest BCUT2D eigenvalue weighted by Crippen LogP contribution is -2.39. The van der Waals surface area contributed by atoms with Gasteiger partial charge >= 0.3 is 0 Å². The van der Waals surface area contributed by atoms with E-state index in [0.29, 0.717) is 18.5 Å². The largest absolute Gasteiger partial charge is 0.355 e. The van der Waals surface area contributed by atoms with E-state index in [1.54, 1.807) is 0 Å². The first-order valence-corrected chi connectivity index (χ1v) is 5.33. The number of carbonyl (C=O) groups excluding carboxylic acids is 1. The van der Waals surface area contributed by atoms with Crippen molar-refractivity contribution in [2.75, 3.05) is 13.1 Å². The minimum Gasteiger partial charge on any atom is -0.355 e. The van der Waals surface area contributed by atoms with Gasteiger partial charge in [-0.25, -0.2) is 0 Å². The second kappa shape index (κ2) is 5.81. The van der Waals surface area contributed by atoms with Gasteiger partial charge < -0.3 is 10.6 Å². The zero-order valence-corrected chi connectivity index (χ0v) is 9.05. The highest BCUT2D eigenvalue weighted by Crippen LogP contribution is 2.08. The Kier molecular flexibility index (Phi) is 4.66. The quantitative estimate of drug-likeness (QED) is 0.646. The van der Waals surface area contributed by atoms with E-state index >= 15 is 0 Å². The molecule has 0 unspecified atom stereocenters. The van der Waals surface area contributed by atoms with Gasteiger partial charge in [0.15, 0.2) is 0 Å². The molecule has 2 N–H and O–H groups in total. The Morgan fingerprint density at radius 1 is 1.43 bits per heavy atom. The molecule has 1 aliphatic carbocycles. The summed E-state index contributed by atoms with van der Waals surface area (Å²) in [6, 6.07) is 0.472. The summed E-state index contributed by atoms with van der Waals surface area (Å²) in [5.74, 6) is 0.623. The summed E-state index contributed by atoms with van der Waals surface area (Å²) < 4.78 is 0. The van der Waals surface area contributed by atoms with Crippen molar-refractivity contribution in [1.82, 2.24) is 10.6 Å². The molecule has 14 heavy (non-hydrogen) atoms. The lowest BCUT2D eigenvalue weighted by atomic mass is 10.2. The number of carbonyl (C=O) groups is 1. The van der Waals surface area contributed by atoms with Gasteiger partial charge in [0.05, 0.1) is 6.54 Å². The monoisotopic (exact) mass is 196 g/mol. The molecule has 0 aliphatic heterocycles. The lowest BCUT2D eigenvalue weighted by molar-refractivity contribution is -0.120. The van der Waals surface area contributed by atoms with Gasteiger partial charge in [-0.2, -0.15) is 0 Å². The summed E-state index contributed by atoms with van der Waals surface area (Å²) in [5.41, 5.74) is 0. The molecule has 1 rings (SSSR count). The van der Waals surface area contributed by atoms with Crippen LogP contribution in [0, 0.1) is 5.92 Å². The van der Waals surface area contributed by atoms with Gasteiger partial charge in [-0.05, 0) is 18.8 Å². The van der Waals surface area contributed by atoms with Gasteiger partial charge in [0, 0.05) is 12.6 Å². The average Bonchev–Trinajstić information content (AvgIpc) is 2.63. The molecule has 0 atom stereocenters. The van der Waals surface area contributed by atoms with Crippen LogP contribution in [-0.4, -0.2) is 25.0 Å². The van der Waals surface area contributed by atoms with Crippen LogP contribution < -0.4 is 10.6 Å². The molecule has 0 radical (unpaired) electrons. The van der Waals surface area contributed by atoms with Crippen molar-refractivity contribution in [3.8, 4) is 0 Å². The highest BCUT2D eigenvalue weighted by atomic mass is 16.1. The number of amides is 1. The molecule has 0 spiro atoms. The predicted octanol–water partition coefficient (Wildman–Crippen LogP) is 1.07. The van der Waals surface area contributed by atoms with Crippen molar-refractivity contribution in [2.24, 2.45) is 5.92 Å². The van der Waals surface area contributed by atoms with Crippen molar-refractivity contribution in [3.63, 3.8) is 0 Å². The normalized spacial score (nSPS) is 16.5. The van der Waals surface area contributed by atoms with Gasteiger partial charge in [0.1, 0.15) is 0 Å². The molecule has 0 saturated heterocycles. The summed E-state index contributed by atoms with van der Waals surface area (Å²) >= 11 is 0. The van der Waals surface area contributed by atoms with Crippen molar-refractivity contribution >= 4 is 5.91 Å². The fraction of sp³-hybridized carbons (Fsp3) is 0.727. The summed E-state index contributed by atoms with van der Waals surface area (Å²) in [4.78, 5) is 11.3. The molecule has 0 aromatic carbocycles. The fourth-order valence-electron chi connectivity index (χ4n) is 1.40. The summed E-state index contributed by atoms with van der Waals surface area (Å²) in [6.45, 7) is 5.39. The summed E-state index contributed by atoms with van der Waals surface area (Å²) in [6.07, 6.45) is 6.42. The third-order valence-electron chi connectivity index (χ3n) is 2.27. The molecule has 0 bridgehead atoms. The van der Waals surface area contributed by atoms with Gasteiger partial charge in [-0.1, -0.05) is 26.0 Å². The topological polar surface area (TPSA) is 41.1 Å². The zero-order chi connectivity index (χ0) is 10.4. The highest BCUT2D eigenvalue weighted by Gasteiger charge is 2.10. The number of hydrogen-bond donors (Lipinski definition) is 2. The highest BCUT2D eigenvalue weighted by molar-refractivity contribution is 5.78. The van der Waals surface area contributed by atoms with Crippen LogP contribution in [0.3, 0.4) is 0 Å². The molecular formula is C11H20N2O. The first-order chi connectivity index (χ1) is 6.68. The van der Waals surface area contributed by atoms with E-state index in [0.717, 1.165) is 19.4 Å². The van der Waals surface area contributed by atoms with Gasteiger partial charge in [-0.3, -0.25) is 4.79 Å². The predicted molar refractivity (Wildman–Crippen MR) is 58.0 cm³/mol. The first kappa shape index (κ1) is 11.2. The SMILES string of the molecule is CC(C)CNC(=O)CNC1CC=CC1. The third kappa shape index (κ3) is 4.42. The van der Waals surface area contributed by atoms with Crippen molar-refractivity contribution in [2.45, 2.75) is 32.7 Å². The fourth-order valence-corrected chi connectivity index (χ4v) is 1.40. The smallest absolute Gasteiger partial charge is 0.233 e. The maximum absolute atomic E-state index is 11.3. The Hall–Kier alpha value is -0.830. The minimum absolute atomic E-state index is 0.102. The van der Waals surface area contributed by atoms with Crippen LogP contribution in [0.2, 0.25) is 0 Å². The van der Waals surface area contributed by atoms with E-state index in [4.69, 9.17) is 0 Å². The Bertz CT molecular complexity index is 203. The summed E-state index contributed by atoms with van der Waals surface area (Å²) in [7, 11) is 0. The Labute approximate surface area is 86.0 Å². The number of nitrogens with one attached hydrogen (secondary N) is 2.